The lowest BCUT2D eigenvalue weighted by atomic mass is 9.93. The molecule has 7 nitrogen and oxygen atoms in total. The fourth-order valence-corrected chi connectivity index (χ4v) is 4.85. The monoisotopic (exact) mass is 460 g/mol. The smallest absolute Gasteiger partial charge is 0.254 e. The summed E-state index contributed by atoms with van der Waals surface area (Å²) in [6.07, 6.45) is 5.65. The van der Waals surface area contributed by atoms with Crippen molar-refractivity contribution in [1.82, 2.24) is 24.6 Å². The van der Waals surface area contributed by atoms with E-state index in [1.165, 1.54) is 11.3 Å². The maximum atomic E-state index is 13.1. The number of carbonyl (C=O) groups excluding carboxylic acids is 1. The Balaban J connectivity index is 1.47. The highest BCUT2D eigenvalue weighted by Crippen LogP contribution is 2.31. The third kappa shape index (κ3) is 5.37. The van der Waals surface area contributed by atoms with Gasteiger partial charge in [-0.1, -0.05) is 32.4 Å². The summed E-state index contributed by atoms with van der Waals surface area (Å²) >= 11 is 7.59. The first-order valence-electron chi connectivity index (χ1n) is 10.6. The minimum atomic E-state index is -0.514. The van der Waals surface area contributed by atoms with Crippen LogP contribution in [-0.4, -0.2) is 43.6 Å². The second kappa shape index (κ2) is 9.14. The second-order valence-electron chi connectivity index (χ2n) is 9.11. The SMILES string of the molecule is CC(C)(C)C(=O)n1nc(C2CCN(Cc3cnc[nH]3)CC2)cc1NCc1ccc(Cl)s1. The minimum Gasteiger partial charge on any atom is -0.365 e. The van der Waals surface area contributed by atoms with Crippen LogP contribution in [0.4, 0.5) is 5.82 Å². The highest BCUT2D eigenvalue weighted by Gasteiger charge is 2.29. The molecule has 3 aromatic heterocycles. The molecular weight excluding hydrogens is 432 g/mol. The van der Waals surface area contributed by atoms with Crippen molar-refractivity contribution < 1.29 is 4.79 Å². The third-order valence-electron chi connectivity index (χ3n) is 5.59. The van der Waals surface area contributed by atoms with Gasteiger partial charge >= 0.3 is 0 Å². The average Bonchev–Trinajstić information content (AvgIpc) is 3.47. The van der Waals surface area contributed by atoms with E-state index in [4.69, 9.17) is 16.7 Å². The molecule has 0 aliphatic carbocycles. The number of aromatic amines is 1. The molecule has 1 aliphatic heterocycles. The predicted molar refractivity (Wildman–Crippen MR) is 125 cm³/mol. The Kier molecular flexibility index (Phi) is 6.50. The van der Waals surface area contributed by atoms with Crippen LogP contribution in [0.15, 0.2) is 30.7 Å². The number of nitrogens with zero attached hydrogens (tertiary/aromatic N) is 4. The van der Waals surface area contributed by atoms with Crippen molar-refractivity contribution in [2.24, 2.45) is 5.41 Å². The molecular formula is C22H29ClN6OS. The van der Waals surface area contributed by atoms with Gasteiger partial charge in [0.15, 0.2) is 0 Å². The topological polar surface area (TPSA) is 78.8 Å². The maximum Gasteiger partial charge on any atom is 0.254 e. The first-order valence-corrected chi connectivity index (χ1v) is 11.8. The number of H-pyrrole nitrogens is 1. The number of thiophene rings is 1. The van der Waals surface area contributed by atoms with Gasteiger partial charge in [0, 0.05) is 40.7 Å². The second-order valence-corrected chi connectivity index (χ2v) is 10.9. The molecule has 1 fully saturated rings. The number of imidazole rings is 1. The lowest BCUT2D eigenvalue weighted by molar-refractivity contribution is 0.0750. The van der Waals surface area contributed by atoms with Gasteiger partial charge in [-0.3, -0.25) is 9.69 Å². The summed E-state index contributed by atoms with van der Waals surface area (Å²) in [5.41, 5.74) is 1.61. The van der Waals surface area contributed by atoms with Crippen LogP contribution in [0.1, 0.15) is 60.6 Å². The van der Waals surface area contributed by atoms with Crippen LogP contribution in [0, 0.1) is 5.41 Å². The molecule has 9 heteroatoms. The van der Waals surface area contributed by atoms with Crippen LogP contribution in [0.25, 0.3) is 0 Å². The van der Waals surface area contributed by atoms with E-state index in [1.54, 1.807) is 11.0 Å². The number of hydrogen-bond acceptors (Lipinski definition) is 6. The Morgan fingerprint density at radius 2 is 2.10 bits per heavy atom. The molecule has 0 saturated carbocycles. The van der Waals surface area contributed by atoms with Crippen molar-refractivity contribution in [3.05, 3.63) is 51.3 Å². The van der Waals surface area contributed by atoms with Gasteiger partial charge in [-0.25, -0.2) is 4.98 Å². The molecule has 31 heavy (non-hydrogen) atoms. The molecule has 0 atom stereocenters. The predicted octanol–water partition coefficient (Wildman–Crippen LogP) is 5.00. The number of anilines is 1. The van der Waals surface area contributed by atoms with Crippen molar-refractivity contribution in [2.75, 3.05) is 18.4 Å². The number of aromatic nitrogens is 4. The third-order valence-corrected chi connectivity index (χ3v) is 6.82. The van der Waals surface area contributed by atoms with Crippen LogP contribution in [0.5, 0.6) is 0 Å². The maximum absolute atomic E-state index is 13.1. The van der Waals surface area contributed by atoms with E-state index in [9.17, 15) is 4.79 Å². The number of nitrogens with one attached hydrogen (secondary N) is 2. The van der Waals surface area contributed by atoms with Crippen molar-refractivity contribution in [2.45, 2.75) is 52.6 Å². The van der Waals surface area contributed by atoms with Crippen LogP contribution >= 0.6 is 22.9 Å². The molecule has 4 rings (SSSR count). The molecule has 0 unspecified atom stereocenters. The lowest BCUT2D eigenvalue weighted by Gasteiger charge is -2.30. The van der Waals surface area contributed by atoms with E-state index < -0.39 is 5.41 Å². The Morgan fingerprint density at radius 1 is 1.32 bits per heavy atom. The van der Waals surface area contributed by atoms with Crippen molar-refractivity contribution in [1.29, 1.82) is 0 Å². The molecule has 166 valence electrons. The highest BCUT2D eigenvalue weighted by atomic mass is 35.5. The van der Waals surface area contributed by atoms with E-state index in [0.717, 1.165) is 58.9 Å². The van der Waals surface area contributed by atoms with Gasteiger partial charge in [-0.15, -0.1) is 11.3 Å². The molecule has 1 saturated heterocycles. The number of hydrogen-bond donors (Lipinski definition) is 2. The largest absolute Gasteiger partial charge is 0.365 e. The van der Waals surface area contributed by atoms with Crippen molar-refractivity contribution in [3.8, 4) is 0 Å². The van der Waals surface area contributed by atoms with Gasteiger partial charge in [0.25, 0.3) is 5.91 Å². The lowest BCUT2D eigenvalue weighted by Crippen LogP contribution is -2.33. The number of piperidine rings is 1. The summed E-state index contributed by atoms with van der Waals surface area (Å²) in [6, 6.07) is 5.94. The van der Waals surface area contributed by atoms with E-state index in [2.05, 4.69) is 20.2 Å². The van der Waals surface area contributed by atoms with Crippen LogP contribution in [-0.2, 0) is 13.1 Å². The Hall–Kier alpha value is -2.16. The number of rotatable bonds is 6. The number of carbonyl (C=O) groups is 1. The van der Waals surface area contributed by atoms with Crippen molar-refractivity contribution in [3.63, 3.8) is 0 Å². The molecule has 0 amide bonds. The van der Waals surface area contributed by atoms with Crippen LogP contribution in [0.2, 0.25) is 4.34 Å². The Morgan fingerprint density at radius 3 is 2.71 bits per heavy atom. The first kappa shape index (κ1) is 22.0. The Labute approximate surface area is 191 Å². The fourth-order valence-electron chi connectivity index (χ4n) is 3.82. The molecule has 0 spiro atoms. The molecule has 2 N–H and O–H groups in total. The van der Waals surface area contributed by atoms with Gasteiger partial charge in [0.2, 0.25) is 0 Å². The van der Waals surface area contributed by atoms with Crippen LogP contribution in [0.3, 0.4) is 0 Å². The first-order chi connectivity index (χ1) is 14.8. The summed E-state index contributed by atoms with van der Waals surface area (Å²) in [5.74, 6) is 1.09. The highest BCUT2D eigenvalue weighted by molar-refractivity contribution is 7.16. The zero-order valence-electron chi connectivity index (χ0n) is 18.2. The normalized spacial score (nSPS) is 16.0. The molecule has 1 aliphatic rings. The van der Waals surface area contributed by atoms with Gasteiger partial charge < -0.3 is 10.3 Å². The van der Waals surface area contributed by atoms with E-state index >= 15 is 0 Å². The summed E-state index contributed by atoms with van der Waals surface area (Å²) in [7, 11) is 0. The van der Waals surface area contributed by atoms with Gasteiger partial charge in [-0.2, -0.15) is 9.78 Å². The molecule has 0 aromatic carbocycles. The fraction of sp³-hybridized carbons (Fsp3) is 0.500. The number of halogens is 1. The van der Waals surface area contributed by atoms with Crippen LogP contribution < -0.4 is 5.32 Å². The quantitative estimate of drug-likeness (QED) is 0.541. The zero-order valence-corrected chi connectivity index (χ0v) is 19.8. The summed E-state index contributed by atoms with van der Waals surface area (Å²) in [6.45, 7) is 9.28. The van der Waals surface area contributed by atoms with E-state index in [1.807, 2.05) is 45.2 Å². The molecule has 0 radical (unpaired) electrons. The zero-order chi connectivity index (χ0) is 22.0. The Bertz CT molecular complexity index is 1010. The minimum absolute atomic E-state index is 0.0119. The van der Waals surface area contributed by atoms with Gasteiger partial charge in [-0.05, 0) is 38.1 Å². The van der Waals surface area contributed by atoms with Gasteiger partial charge in [0.1, 0.15) is 5.82 Å². The number of likely N-dealkylation sites (tertiary alicyclic amines) is 1. The van der Waals surface area contributed by atoms with E-state index in [-0.39, 0.29) is 5.91 Å². The molecule has 4 heterocycles. The summed E-state index contributed by atoms with van der Waals surface area (Å²) in [5, 5.41) is 8.17. The summed E-state index contributed by atoms with van der Waals surface area (Å²) in [4.78, 5) is 23.9. The standard InChI is InChI=1S/C22H29ClN6OS/c1-22(2,3)21(30)29-20(25-12-17-4-5-19(23)31-17)10-18(27-29)15-6-8-28(9-7-15)13-16-11-24-14-26-16/h4-5,10-11,14-15,25H,6-9,12-13H2,1-3H3,(H,24,26). The molecule has 3 aromatic rings. The van der Waals surface area contributed by atoms with Crippen molar-refractivity contribution >= 4 is 34.7 Å². The van der Waals surface area contributed by atoms with E-state index in [0.29, 0.717) is 12.5 Å². The summed E-state index contributed by atoms with van der Waals surface area (Å²) < 4.78 is 2.32. The average molecular weight is 461 g/mol. The van der Waals surface area contributed by atoms with Gasteiger partial charge in [0.05, 0.1) is 22.9 Å². The molecule has 0 bridgehead atoms.